The number of hydrogen-bond acceptors (Lipinski definition) is 5. The van der Waals surface area contributed by atoms with E-state index in [4.69, 9.17) is 4.74 Å². The van der Waals surface area contributed by atoms with Crippen LogP contribution in [-0.4, -0.2) is 70.9 Å². The van der Waals surface area contributed by atoms with Gasteiger partial charge >= 0.3 is 0 Å². The number of hydrogen-bond donors (Lipinski definition) is 1. The molecule has 3 saturated heterocycles. The molecule has 0 aromatic rings. The standard InChI is InChI=1S/C22H30N4O4/c1-20(2)15-12-25(16(27)10-21(30-3)6-7-21)17-19(29)26(22(15,17)20)14(11-23)9-13-5-4-8-24-18(13)28/h13-15,17H,4-10,12H2,1-3H3,(H,24,28). The molecule has 5 unspecified atom stereocenters. The number of carbonyl (C=O) groups excluding carboxylic acids is 3. The normalized spacial score (nSPS) is 38.0. The third kappa shape index (κ3) is 2.33. The lowest BCUT2D eigenvalue weighted by Crippen LogP contribution is -2.75. The Hall–Kier alpha value is -2.14. The minimum Gasteiger partial charge on any atom is -0.378 e. The Morgan fingerprint density at radius 1 is 1.37 bits per heavy atom. The van der Waals surface area contributed by atoms with Gasteiger partial charge in [-0.2, -0.15) is 5.26 Å². The van der Waals surface area contributed by atoms with Crippen LogP contribution in [0.3, 0.4) is 0 Å². The summed E-state index contributed by atoms with van der Waals surface area (Å²) in [6.45, 7) is 5.49. The predicted octanol–water partition coefficient (Wildman–Crippen LogP) is 0.812. The Balaban J connectivity index is 1.36. The molecule has 2 aliphatic carbocycles. The van der Waals surface area contributed by atoms with Crippen molar-refractivity contribution in [3.05, 3.63) is 0 Å². The van der Waals surface area contributed by atoms with E-state index in [-0.39, 0.29) is 40.6 Å². The van der Waals surface area contributed by atoms with E-state index in [0.29, 0.717) is 25.9 Å². The molecule has 2 saturated carbocycles. The number of β-lactam (4-membered cyclic amide) rings is 1. The van der Waals surface area contributed by atoms with Crippen molar-refractivity contribution in [3.63, 3.8) is 0 Å². The van der Waals surface area contributed by atoms with Crippen molar-refractivity contribution in [2.75, 3.05) is 20.2 Å². The molecule has 8 heteroatoms. The molecule has 5 rings (SSSR count). The first-order chi connectivity index (χ1) is 14.2. The van der Waals surface area contributed by atoms with Crippen LogP contribution in [0.4, 0.5) is 0 Å². The maximum atomic E-state index is 13.3. The molecule has 0 radical (unpaired) electrons. The van der Waals surface area contributed by atoms with E-state index in [1.165, 1.54) is 0 Å². The van der Waals surface area contributed by atoms with Gasteiger partial charge in [-0.1, -0.05) is 13.8 Å². The van der Waals surface area contributed by atoms with Gasteiger partial charge in [0.2, 0.25) is 17.7 Å². The monoisotopic (exact) mass is 414 g/mol. The van der Waals surface area contributed by atoms with Gasteiger partial charge in [0.1, 0.15) is 12.1 Å². The number of nitrogens with one attached hydrogen (secondary N) is 1. The van der Waals surface area contributed by atoms with Crippen LogP contribution >= 0.6 is 0 Å². The fourth-order valence-corrected chi connectivity index (χ4v) is 6.68. The van der Waals surface area contributed by atoms with E-state index in [9.17, 15) is 19.6 Å². The fraction of sp³-hybridized carbons (Fsp3) is 0.818. The van der Waals surface area contributed by atoms with Gasteiger partial charge in [-0.25, -0.2) is 0 Å². The van der Waals surface area contributed by atoms with E-state index in [2.05, 4.69) is 25.2 Å². The lowest BCUT2D eigenvalue weighted by atomic mass is 9.81. The molecule has 3 amide bonds. The first-order valence-electron chi connectivity index (χ1n) is 11.1. The Bertz CT molecular complexity index is 860. The summed E-state index contributed by atoms with van der Waals surface area (Å²) in [6.07, 6.45) is 4.10. The number of carbonyl (C=O) groups is 3. The van der Waals surface area contributed by atoms with E-state index in [1.807, 2.05) is 0 Å². The minimum atomic E-state index is -0.629. The molecular weight excluding hydrogens is 384 g/mol. The van der Waals surface area contributed by atoms with Crippen molar-refractivity contribution in [1.82, 2.24) is 15.1 Å². The first kappa shape index (κ1) is 19.8. The summed E-state index contributed by atoms with van der Waals surface area (Å²) in [6, 6.07) is 1.20. The van der Waals surface area contributed by atoms with Crippen LogP contribution in [-0.2, 0) is 19.1 Å². The number of rotatable bonds is 6. The molecule has 0 aromatic heterocycles. The van der Waals surface area contributed by atoms with Crippen LogP contribution in [0.25, 0.3) is 0 Å². The first-order valence-corrected chi connectivity index (χ1v) is 11.1. The van der Waals surface area contributed by atoms with Gasteiger partial charge < -0.3 is 19.9 Å². The molecule has 5 atom stereocenters. The van der Waals surface area contributed by atoms with E-state index in [1.54, 1.807) is 16.9 Å². The Morgan fingerprint density at radius 3 is 2.70 bits per heavy atom. The zero-order valence-electron chi connectivity index (χ0n) is 17.9. The topological polar surface area (TPSA) is 103 Å². The third-order valence-corrected chi connectivity index (χ3v) is 8.73. The SMILES string of the molecule is COC1(CC(=O)N2CC3C(C)(C)C34C2C(=O)N4C(C#N)CC2CCCNC2=O)CC1. The van der Waals surface area contributed by atoms with Crippen LogP contribution in [0.15, 0.2) is 0 Å². The van der Waals surface area contributed by atoms with Crippen LogP contribution < -0.4 is 5.32 Å². The van der Waals surface area contributed by atoms with E-state index < -0.39 is 17.6 Å². The highest BCUT2D eigenvalue weighted by atomic mass is 16.5. The van der Waals surface area contributed by atoms with Crippen LogP contribution in [0.2, 0.25) is 0 Å². The number of likely N-dealkylation sites (tertiary alicyclic amines) is 2. The summed E-state index contributed by atoms with van der Waals surface area (Å²) in [5, 5.41) is 12.8. The Morgan fingerprint density at radius 2 is 2.10 bits per heavy atom. The van der Waals surface area contributed by atoms with Gasteiger partial charge in [-0.3, -0.25) is 14.4 Å². The lowest BCUT2D eigenvalue weighted by Gasteiger charge is -2.53. The zero-order chi connectivity index (χ0) is 21.5. The molecular formula is C22H30N4O4. The molecule has 8 nitrogen and oxygen atoms in total. The minimum absolute atomic E-state index is 0.0186. The van der Waals surface area contributed by atoms with Crippen molar-refractivity contribution >= 4 is 17.7 Å². The van der Waals surface area contributed by atoms with Gasteiger partial charge in [0.05, 0.1) is 23.6 Å². The van der Waals surface area contributed by atoms with Gasteiger partial charge in [0.15, 0.2) is 0 Å². The predicted molar refractivity (Wildman–Crippen MR) is 106 cm³/mol. The largest absolute Gasteiger partial charge is 0.378 e. The highest BCUT2D eigenvalue weighted by molar-refractivity contribution is 5.99. The maximum Gasteiger partial charge on any atom is 0.249 e. The quantitative estimate of drug-likeness (QED) is 0.648. The average Bonchev–Trinajstić information content (AvgIpc) is 3.54. The number of amides is 3. The number of nitrogens with zero attached hydrogens (tertiary/aromatic N) is 3. The third-order valence-electron chi connectivity index (χ3n) is 8.73. The molecule has 1 N–H and O–H groups in total. The zero-order valence-corrected chi connectivity index (χ0v) is 17.9. The second-order valence-electron chi connectivity index (χ2n) is 10.3. The van der Waals surface area contributed by atoms with Gasteiger partial charge in [-0.15, -0.1) is 0 Å². The van der Waals surface area contributed by atoms with Crippen molar-refractivity contribution in [2.24, 2.45) is 17.3 Å². The van der Waals surface area contributed by atoms with Crippen molar-refractivity contribution in [1.29, 1.82) is 5.26 Å². The van der Waals surface area contributed by atoms with Crippen molar-refractivity contribution in [3.8, 4) is 6.07 Å². The van der Waals surface area contributed by atoms with Gasteiger partial charge in [0.25, 0.3) is 0 Å². The second kappa shape index (κ2) is 6.19. The smallest absolute Gasteiger partial charge is 0.249 e. The maximum absolute atomic E-state index is 13.3. The van der Waals surface area contributed by atoms with E-state index >= 15 is 0 Å². The van der Waals surface area contributed by atoms with Crippen LogP contribution in [0.5, 0.6) is 0 Å². The molecule has 3 aliphatic heterocycles. The summed E-state index contributed by atoms with van der Waals surface area (Å²) in [7, 11) is 1.64. The van der Waals surface area contributed by atoms with Crippen molar-refractivity contribution in [2.45, 2.75) is 75.6 Å². The van der Waals surface area contributed by atoms with Gasteiger partial charge in [-0.05, 0) is 37.5 Å². The summed E-state index contributed by atoms with van der Waals surface area (Å²) < 4.78 is 5.51. The van der Waals surface area contributed by atoms with Gasteiger partial charge in [0, 0.05) is 32.0 Å². The second-order valence-corrected chi connectivity index (χ2v) is 10.3. The molecule has 3 heterocycles. The molecule has 5 aliphatic rings. The fourth-order valence-electron chi connectivity index (χ4n) is 6.68. The Labute approximate surface area is 176 Å². The van der Waals surface area contributed by atoms with Crippen LogP contribution in [0, 0.1) is 28.6 Å². The van der Waals surface area contributed by atoms with Crippen LogP contribution in [0.1, 0.15) is 52.4 Å². The molecule has 1 spiro atoms. The van der Waals surface area contributed by atoms with E-state index in [0.717, 1.165) is 25.7 Å². The highest BCUT2D eigenvalue weighted by Crippen LogP contribution is 2.76. The number of nitriles is 1. The summed E-state index contributed by atoms with van der Waals surface area (Å²) in [4.78, 5) is 42.0. The molecule has 0 aromatic carbocycles. The lowest BCUT2D eigenvalue weighted by molar-refractivity contribution is -0.171. The number of methoxy groups -OCH3 is 1. The highest BCUT2D eigenvalue weighted by Gasteiger charge is 2.90. The summed E-state index contributed by atoms with van der Waals surface area (Å²) in [5.41, 5.74) is -0.942. The molecule has 30 heavy (non-hydrogen) atoms. The van der Waals surface area contributed by atoms with Crippen molar-refractivity contribution < 1.29 is 19.1 Å². The summed E-state index contributed by atoms with van der Waals surface area (Å²) >= 11 is 0. The number of piperidine rings is 2. The molecule has 5 fully saturated rings. The average molecular weight is 415 g/mol. The molecule has 162 valence electrons. The Kier molecular flexibility index (Phi) is 4.09. The summed E-state index contributed by atoms with van der Waals surface area (Å²) in [5.74, 6) is -0.239. The number of ether oxygens (including phenoxy) is 1. The molecule has 0 bridgehead atoms.